The van der Waals surface area contributed by atoms with Gasteiger partial charge in [-0.25, -0.2) is 0 Å². The lowest BCUT2D eigenvalue weighted by Gasteiger charge is -1.92. The quantitative estimate of drug-likeness (QED) is 0.465. The van der Waals surface area contributed by atoms with Crippen molar-refractivity contribution in [2.24, 2.45) is 5.73 Å². The van der Waals surface area contributed by atoms with E-state index in [1.807, 2.05) is 0 Å². The van der Waals surface area contributed by atoms with Gasteiger partial charge in [0.1, 0.15) is 0 Å². The minimum absolute atomic E-state index is 0.580. The molecule has 1 aliphatic rings. The van der Waals surface area contributed by atoms with Gasteiger partial charge in [0, 0.05) is 0 Å². The van der Waals surface area contributed by atoms with Gasteiger partial charge in [-0.3, -0.25) is 0 Å². The Morgan fingerprint density at radius 2 is 2.10 bits per heavy atom. The molecule has 1 heterocycles. The Labute approximate surface area is 62.7 Å². The van der Waals surface area contributed by atoms with Crippen LogP contribution >= 0.6 is 0 Å². The van der Waals surface area contributed by atoms with Gasteiger partial charge in [-0.2, -0.15) is 0 Å². The fraction of sp³-hybridized carbons (Fsp3) is 1.00. The lowest BCUT2D eigenvalue weighted by molar-refractivity contribution is 0.356. The Morgan fingerprint density at radius 1 is 1.30 bits per heavy atom. The molecule has 1 saturated heterocycles. The molecule has 2 heteroatoms. The minimum atomic E-state index is 0.580. The third kappa shape index (κ3) is 2.27. The summed E-state index contributed by atoms with van der Waals surface area (Å²) in [5.41, 5.74) is 5.36. The summed E-state index contributed by atoms with van der Waals surface area (Å²) >= 11 is 0. The second-order valence-corrected chi connectivity index (χ2v) is 2.91. The highest BCUT2D eigenvalue weighted by Gasteiger charge is 2.35. The molecule has 10 heavy (non-hydrogen) atoms. The molecule has 0 aromatic carbocycles. The van der Waals surface area contributed by atoms with Crippen molar-refractivity contribution in [1.82, 2.24) is 0 Å². The molecule has 0 saturated carbocycles. The second kappa shape index (κ2) is 3.94. The molecule has 0 radical (unpaired) electrons. The zero-order valence-corrected chi connectivity index (χ0v) is 6.68. The van der Waals surface area contributed by atoms with E-state index in [9.17, 15) is 0 Å². The van der Waals surface area contributed by atoms with Crippen LogP contribution in [0.5, 0.6) is 0 Å². The molecule has 0 aromatic rings. The first kappa shape index (κ1) is 8.02. The minimum Gasteiger partial charge on any atom is -0.370 e. The molecule has 1 aliphatic heterocycles. The first-order valence-corrected chi connectivity index (χ1v) is 4.24. The largest absolute Gasteiger partial charge is 0.370 e. The number of hydrogen-bond donors (Lipinski definition) is 1. The van der Waals surface area contributed by atoms with Gasteiger partial charge in [0.15, 0.2) is 0 Å². The average Bonchev–Trinajstić information content (AvgIpc) is 2.68. The molecule has 60 valence electrons. The number of rotatable bonds is 5. The van der Waals surface area contributed by atoms with E-state index in [-0.39, 0.29) is 0 Å². The van der Waals surface area contributed by atoms with Crippen LogP contribution in [0.25, 0.3) is 0 Å². The first-order chi connectivity index (χ1) is 4.88. The molecule has 0 aliphatic carbocycles. The molecule has 0 spiro atoms. The van der Waals surface area contributed by atoms with Crippen LogP contribution in [-0.2, 0) is 4.74 Å². The summed E-state index contributed by atoms with van der Waals surface area (Å²) in [6, 6.07) is 0. The van der Waals surface area contributed by atoms with Crippen molar-refractivity contribution in [2.45, 2.75) is 44.8 Å². The van der Waals surface area contributed by atoms with Crippen LogP contribution in [0.2, 0.25) is 0 Å². The Bertz CT molecular complexity index is 95.3. The monoisotopic (exact) mass is 143 g/mol. The van der Waals surface area contributed by atoms with Crippen LogP contribution in [0.4, 0.5) is 0 Å². The molecule has 0 unspecified atom stereocenters. The van der Waals surface area contributed by atoms with Gasteiger partial charge in [0.05, 0.1) is 12.2 Å². The van der Waals surface area contributed by atoms with Gasteiger partial charge < -0.3 is 10.5 Å². The average molecular weight is 143 g/mol. The van der Waals surface area contributed by atoms with E-state index < -0.39 is 0 Å². The summed E-state index contributed by atoms with van der Waals surface area (Å²) in [7, 11) is 0. The fourth-order valence-electron chi connectivity index (χ4n) is 1.28. The number of ether oxygens (including phenoxy) is 1. The van der Waals surface area contributed by atoms with Crippen LogP contribution in [0.15, 0.2) is 0 Å². The van der Waals surface area contributed by atoms with Crippen LogP contribution in [0.1, 0.15) is 32.6 Å². The molecule has 2 N–H and O–H groups in total. The van der Waals surface area contributed by atoms with E-state index in [0.29, 0.717) is 12.2 Å². The summed E-state index contributed by atoms with van der Waals surface area (Å²) in [6.07, 6.45) is 5.94. The molecule has 1 rings (SSSR count). The summed E-state index contributed by atoms with van der Waals surface area (Å²) in [5, 5.41) is 0. The number of epoxide rings is 1. The van der Waals surface area contributed by atoms with Crippen LogP contribution in [0.3, 0.4) is 0 Å². The van der Waals surface area contributed by atoms with Crippen molar-refractivity contribution in [2.75, 3.05) is 6.54 Å². The van der Waals surface area contributed by atoms with Crippen LogP contribution < -0.4 is 5.73 Å². The van der Waals surface area contributed by atoms with Gasteiger partial charge in [0.2, 0.25) is 0 Å². The molecule has 0 bridgehead atoms. The van der Waals surface area contributed by atoms with E-state index in [1.165, 1.54) is 19.3 Å². The summed E-state index contributed by atoms with van der Waals surface area (Å²) in [5.74, 6) is 0. The van der Waals surface area contributed by atoms with E-state index >= 15 is 0 Å². The van der Waals surface area contributed by atoms with E-state index in [0.717, 1.165) is 13.0 Å². The topological polar surface area (TPSA) is 38.5 Å². The van der Waals surface area contributed by atoms with Crippen LogP contribution in [-0.4, -0.2) is 18.8 Å². The van der Waals surface area contributed by atoms with E-state index in [1.54, 1.807) is 0 Å². The predicted octanol–water partition coefficient (Wildman–Crippen LogP) is 1.29. The molecular weight excluding hydrogens is 126 g/mol. The van der Waals surface area contributed by atoms with Gasteiger partial charge in [0.25, 0.3) is 0 Å². The highest BCUT2D eigenvalue weighted by Crippen LogP contribution is 2.29. The highest BCUT2D eigenvalue weighted by molar-refractivity contribution is 4.82. The van der Waals surface area contributed by atoms with Gasteiger partial charge in [-0.15, -0.1) is 0 Å². The third-order valence-electron chi connectivity index (χ3n) is 2.03. The molecule has 0 amide bonds. The highest BCUT2D eigenvalue weighted by atomic mass is 16.6. The zero-order valence-electron chi connectivity index (χ0n) is 6.68. The lowest BCUT2D eigenvalue weighted by atomic mass is 10.1. The molecule has 2 atom stereocenters. The SMILES string of the molecule is CC[C@H]1O[C@H]1CCCCN. The first-order valence-electron chi connectivity index (χ1n) is 4.24. The number of unbranched alkanes of at least 4 members (excludes halogenated alkanes) is 1. The van der Waals surface area contributed by atoms with Crippen molar-refractivity contribution in [1.29, 1.82) is 0 Å². The Hall–Kier alpha value is -0.0800. The second-order valence-electron chi connectivity index (χ2n) is 2.91. The standard InChI is InChI=1S/C8H17NO/c1-2-7-8(10-7)5-3-4-6-9/h7-8H,2-6,9H2,1H3/t7-,8+/m1/s1. The van der Waals surface area contributed by atoms with Crippen molar-refractivity contribution in [3.05, 3.63) is 0 Å². The van der Waals surface area contributed by atoms with Crippen molar-refractivity contribution < 1.29 is 4.74 Å². The van der Waals surface area contributed by atoms with Gasteiger partial charge >= 0.3 is 0 Å². The predicted molar refractivity (Wildman–Crippen MR) is 41.9 cm³/mol. The summed E-state index contributed by atoms with van der Waals surface area (Å²) < 4.78 is 5.37. The van der Waals surface area contributed by atoms with Crippen molar-refractivity contribution in [3.8, 4) is 0 Å². The zero-order chi connectivity index (χ0) is 7.40. The molecule has 1 fully saturated rings. The Kier molecular flexibility index (Phi) is 3.16. The normalized spacial score (nSPS) is 30.6. The number of hydrogen-bond acceptors (Lipinski definition) is 2. The molecule has 0 aromatic heterocycles. The maximum atomic E-state index is 5.37. The van der Waals surface area contributed by atoms with Crippen molar-refractivity contribution in [3.63, 3.8) is 0 Å². The third-order valence-corrected chi connectivity index (χ3v) is 2.03. The smallest absolute Gasteiger partial charge is 0.0841 e. The summed E-state index contributed by atoms with van der Waals surface area (Å²) in [6.45, 7) is 3.00. The molecule has 2 nitrogen and oxygen atoms in total. The lowest BCUT2D eigenvalue weighted by Crippen LogP contribution is -1.99. The van der Waals surface area contributed by atoms with Gasteiger partial charge in [-0.1, -0.05) is 6.92 Å². The van der Waals surface area contributed by atoms with Crippen LogP contribution in [0, 0.1) is 0 Å². The van der Waals surface area contributed by atoms with E-state index in [2.05, 4.69) is 6.92 Å². The Balaban J connectivity index is 1.87. The van der Waals surface area contributed by atoms with E-state index in [4.69, 9.17) is 10.5 Å². The molecular formula is C8H17NO. The summed E-state index contributed by atoms with van der Waals surface area (Å²) in [4.78, 5) is 0. The Morgan fingerprint density at radius 3 is 2.60 bits per heavy atom. The number of nitrogens with two attached hydrogens (primary N) is 1. The maximum absolute atomic E-state index is 5.37. The fourth-order valence-corrected chi connectivity index (χ4v) is 1.28. The maximum Gasteiger partial charge on any atom is 0.0841 e. The van der Waals surface area contributed by atoms with Gasteiger partial charge in [-0.05, 0) is 32.2 Å². The van der Waals surface area contributed by atoms with Crippen molar-refractivity contribution >= 4 is 0 Å².